The van der Waals surface area contributed by atoms with Crippen molar-refractivity contribution in [3.05, 3.63) is 18.2 Å². The summed E-state index contributed by atoms with van der Waals surface area (Å²) in [5.41, 5.74) is 4.07. The van der Waals surface area contributed by atoms with Crippen LogP contribution in [0.4, 0.5) is 0 Å². The first-order valence-corrected chi connectivity index (χ1v) is 5.78. The zero-order valence-electron chi connectivity index (χ0n) is 10.7. The fourth-order valence-electron chi connectivity index (χ4n) is 1.50. The van der Waals surface area contributed by atoms with Crippen LogP contribution in [-0.2, 0) is 11.3 Å². The van der Waals surface area contributed by atoms with Crippen LogP contribution in [0.3, 0.4) is 0 Å². The van der Waals surface area contributed by atoms with Crippen molar-refractivity contribution in [1.82, 2.24) is 14.9 Å². The third-order valence-electron chi connectivity index (χ3n) is 2.42. The largest absolute Gasteiger partial charge is 0.481 e. The maximum atomic E-state index is 11.7. The van der Waals surface area contributed by atoms with Crippen LogP contribution in [0.2, 0.25) is 0 Å². The predicted octanol–water partition coefficient (Wildman–Crippen LogP) is -1.20. The minimum absolute atomic E-state index is 0.165. The summed E-state index contributed by atoms with van der Waals surface area (Å²) in [6.07, 6.45) is 2.57. The number of hydrogen-bond acceptors (Lipinski definition) is 5. The molecule has 1 aromatic rings. The summed E-state index contributed by atoms with van der Waals surface area (Å²) in [5, 5.41) is 20.8. The maximum Gasteiger partial charge on any atom is 0.306 e. The van der Waals surface area contributed by atoms with E-state index in [0.717, 1.165) is 0 Å². The molecule has 0 fully saturated rings. The van der Waals surface area contributed by atoms with Crippen LogP contribution < -0.4 is 11.1 Å². The lowest BCUT2D eigenvalue weighted by atomic mass is 10.0. The normalized spacial score (nSPS) is 13.8. The van der Waals surface area contributed by atoms with Gasteiger partial charge in [0.15, 0.2) is 0 Å². The minimum atomic E-state index is -1.50. The van der Waals surface area contributed by atoms with E-state index in [1.165, 1.54) is 19.4 Å². The van der Waals surface area contributed by atoms with Gasteiger partial charge in [-0.05, 0) is 6.92 Å². The summed E-state index contributed by atoms with van der Waals surface area (Å²) in [6, 6.07) is 0. The van der Waals surface area contributed by atoms with Gasteiger partial charge in [-0.1, -0.05) is 0 Å². The highest BCUT2D eigenvalue weighted by molar-refractivity contribution is 5.92. The molecule has 0 radical (unpaired) electrons. The first-order valence-electron chi connectivity index (χ1n) is 5.78. The third kappa shape index (κ3) is 5.06. The van der Waals surface area contributed by atoms with E-state index in [0.29, 0.717) is 13.1 Å². The number of aromatic nitrogens is 2. The van der Waals surface area contributed by atoms with Gasteiger partial charge in [-0.2, -0.15) is 0 Å². The number of carbonyl (C=O) groups is 2. The lowest BCUT2D eigenvalue weighted by molar-refractivity contribution is -0.141. The van der Waals surface area contributed by atoms with E-state index in [1.807, 2.05) is 0 Å². The van der Waals surface area contributed by atoms with Gasteiger partial charge in [0.05, 0.1) is 18.3 Å². The van der Waals surface area contributed by atoms with Gasteiger partial charge >= 0.3 is 5.97 Å². The Bertz CT molecular complexity index is 455. The third-order valence-corrected chi connectivity index (χ3v) is 2.42. The van der Waals surface area contributed by atoms with E-state index in [4.69, 9.17) is 10.8 Å². The predicted molar refractivity (Wildman–Crippen MR) is 66.5 cm³/mol. The average Bonchev–Trinajstić information content (AvgIpc) is 2.73. The lowest BCUT2D eigenvalue weighted by Gasteiger charge is -2.20. The molecule has 0 saturated heterocycles. The van der Waals surface area contributed by atoms with Gasteiger partial charge in [-0.3, -0.25) is 9.59 Å². The van der Waals surface area contributed by atoms with Gasteiger partial charge in [-0.15, -0.1) is 0 Å². The number of nitrogens with zero attached hydrogens (tertiary/aromatic N) is 2. The number of amides is 1. The van der Waals surface area contributed by atoms with Crippen LogP contribution in [0.5, 0.6) is 0 Å². The first-order chi connectivity index (χ1) is 8.84. The highest BCUT2D eigenvalue weighted by Gasteiger charge is 2.25. The Morgan fingerprint density at radius 2 is 2.26 bits per heavy atom. The maximum absolute atomic E-state index is 11.7. The standard InChI is InChI=1S/C11H18N4O4/c1-11(19,4-9(16)17)6-13-10(18)8-5-15(3-2-12)7-14-8/h5,7,19H,2-4,6,12H2,1H3,(H,13,18)(H,16,17). The van der Waals surface area contributed by atoms with Gasteiger partial charge in [0, 0.05) is 25.8 Å². The van der Waals surface area contributed by atoms with Crippen molar-refractivity contribution in [1.29, 1.82) is 0 Å². The van der Waals surface area contributed by atoms with Crippen LogP contribution >= 0.6 is 0 Å². The van der Waals surface area contributed by atoms with Crippen LogP contribution in [0.15, 0.2) is 12.5 Å². The summed E-state index contributed by atoms with van der Waals surface area (Å²) in [7, 11) is 0. The molecule has 1 atom stereocenters. The Labute approximate surface area is 110 Å². The zero-order chi connectivity index (χ0) is 14.5. The second-order valence-corrected chi connectivity index (χ2v) is 4.54. The van der Waals surface area contributed by atoms with Crippen molar-refractivity contribution in [3.63, 3.8) is 0 Å². The molecule has 8 heteroatoms. The number of nitrogens with one attached hydrogen (secondary N) is 1. The van der Waals surface area contributed by atoms with Gasteiger partial charge in [0.2, 0.25) is 0 Å². The molecule has 8 nitrogen and oxygen atoms in total. The second kappa shape index (κ2) is 6.30. The molecule has 1 heterocycles. The monoisotopic (exact) mass is 270 g/mol. The zero-order valence-corrected chi connectivity index (χ0v) is 10.7. The molecular weight excluding hydrogens is 252 g/mol. The quantitative estimate of drug-likeness (QED) is 0.492. The number of carboxylic acids is 1. The topological polar surface area (TPSA) is 130 Å². The van der Waals surface area contributed by atoms with Crippen molar-refractivity contribution < 1.29 is 19.8 Å². The summed E-state index contributed by atoms with van der Waals surface area (Å²) < 4.78 is 1.67. The van der Waals surface area contributed by atoms with E-state index in [-0.39, 0.29) is 12.2 Å². The fourth-order valence-corrected chi connectivity index (χ4v) is 1.50. The lowest BCUT2D eigenvalue weighted by Crippen LogP contribution is -2.42. The Hall–Kier alpha value is -1.93. The number of hydrogen-bond donors (Lipinski definition) is 4. The van der Waals surface area contributed by atoms with Crippen molar-refractivity contribution in [3.8, 4) is 0 Å². The van der Waals surface area contributed by atoms with Crippen LogP contribution in [0.25, 0.3) is 0 Å². The number of nitrogens with two attached hydrogens (primary N) is 1. The number of carbonyl (C=O) groups excluding carboxylic acids is 1. The SMILES string of the molecule is CC(O)(CNC(=O)c1cn(CCN)cn1)CC(=O)O. The van der Waals surface area contributed by atoms with E-state index in [9.17, 15) is 14.7 Å². The molecule has 0 bridgehead atoms. The molecule has 19 heavy (non-hydrogen) atoms. The highest BCUT2D eigenvalue weighted by atomic mass is 16.4. The van der Waals surface area contributed by atoms with Crippen molar-refractivity contribution >= 4 is 11.9 Å². The number of aliphatic hydroxyl groups is 1. The highest BCUT2D eigenvalue weighted by Crippen LogP contribution is 2.07. The fraction of sp³-hybridized carbons (Fsp3) is 0.545. The Balaban J connectivity index is 2.52. The summed E-state index contributed by atoms with van der Waals surface area (Å²) in [4.78, 5) is 26.1. The summed E-state index contributed by atoms with van der Waals surface area (Å²) in [6.45, 7) is 2.16. The smallest absolute Gasteiger partial charge is 0.306 e. The molecule has 0 aromatic carbocycles. The molecule has 0 aliphatic heterocycles. The summed E-state index contributed by atoms with van der Waals surface area (Å²) in [5.74, 6) is -1.60. The van der Waals surface area contributed by atoms with Gasteiger partial charge in [0.25, 0.3) is 5.91 Å². The molecular formula is C11H18N4O4. The molecule has 0 aliphatic carbocycles. The molecule has 1 rings (SSSR count). The van der Waals surface area contributed by atoms with Crippen molar-refractivity contribution in [2.75, 3.05) is 13.1 Å². The molecule has 1 unspecified atom stereocenters. The van der Waals surface area contributed by atoms with Crippen LogP contribution in [0.1, 0.15) is 23.8 Å². The number of aliphatic carboxylic acids is 1. The average molecular weight is 270 g/mol. The molecule has 0 aliphatic rings. The van der Waals surface area contributed by atoms with Crippen LogP contribution in [0, 0.1) is 0 Å². The molecule has 106 valence electrons. The van der Waals surface area contributed by atoms with Crippen LogP contribution in [-0.4, -0.2) is 50.3 Å². The second-order valence-electron chi connectivity index (χ2n) is 4.54. The molecule has 5 N–H and O–H groups in total. The first kappa shape index (κ1) is 15.1. The summed E-state index contributed by atoms with van der Waals surface area (Å²) >= 11 is 0. The van der Waals surface area contributed by atoms with Gasteiger partial charge in [0.1, 0.15) is 5.69 Å². The number of imidazole rings is 1. The Kier molecular flexibility index (Phi) is 5.02. The molecule has 0 saturated carbocycles. The van der Waals surface area contributed by atoms with E-state index >= 15 is 0 Å². The van der Waals surface area contributed by atoms with Gasteiger partial charge in [-0.25, -0.2) is 4.98 Å². The van der Waals surface area contributed by atoms with Crippen molar-refractivity contribution in [2.24, 2.45) is 5.73 Å². The number of rotatable bonds is 7. The van der Waals surface area contributed by atoms with E-state index in [1.54, 1.807) is 4.57 Å². The number of carboxylic acid groups (broad SMARTS) is 1. The molecule has 0 spiro atoms. The molecule has 1 aromatic heterocycles. The van der Waals surface area contributed by atoms with Gasteiger partial charge < -0.3 is 25.8 Å². The Morgan fingerprint density at radius 1 is 1.58 bits per heavy atom. The van der Waals surface area contributed by atoms with E-state index in [2.05, 4.69) is 10.3 Å². The van der Waals surface area contributed by atoms with E-state index < -0.39 is 23.9 Å². The van der Waals surface area contributed by atoms with Crippen molar-refractivity contribution in [2.45, 2.75) is 25.5 Å². The molecule has 1 amide bonds. The minimum Gasteiger partial charge on any atom is -0.481 e. The Morgan fingerprint density at radius 3 is 2.84 bits per heavy atom.